The van der Waals surface area contributed by atoms with Crippen LogP contribution < -0.4 is 20.1 Å². The number of carbonyl (C=O) groups is 4. The molecular formula is C37H49N5O6. The molecule has 3 N–H and O–H groups in total. The minimum atomic E-state index is -0.568. The van der Waals surface area contributed by atoms with Gasteiger partial charge in [0, 0.05) is 45.0 Å². The second-order valence-corrected chi connectivity index (χ2v) is 12.6. The fourth-order valence-corrected chi connectivity index (χ4v) is 6.38. The molecule has 4 amide bonds. The summed E-state index contributed by atoms with van der Waals surface area (Å²) in [5, 5.41) is 5.19. The summed E-state index contributed by atoms with van der Waals surface area (Å²) in [7, 11) is 3.03. The summed E-state index contributed by atoms with van der Waals surface area (Å²) < 4.78 is 11.2. The fourth-order valence-electron chi connectivity index (χ4n) is 6.38. The van der Waals surface area contributed by atoms with E-state index in [-0.39, 0.29) is 54.7 Å². The van der Waals surface area contributed by atoms with E-state index in [9.17, 15) is 19.2 Å². The molecule has 11 heteroatoms. The Morgan fingerprint density at radius 3 is 2.25 bits per heavy atom. The Kier molecular flexibility index (Phi) is 12.7. The van der Waals surface area contributed by atoms with Crippen molar-refractivity contribution in [1.29, 1.82) is 0 Å². The maximum atomic E-state index is 13.6. The van der Waals surface area contributed by atoms with Crippen LogP contribution in [-0.2, 0) is 16.0 Å². The molecule has 2 fully saturated rings. The van der Waals surface area contributed by atoms with Gasteiger partial charge in [-0.15, -0.1) is 0 Å². The zero-order chi connectivity index (χ0) is 34.8. The van der Waals surface area contributed by atoms with Gasteiger partial charge in [-0.25, -0.2) is 0 Å². The third-order valence-corrected chi connectivity index (χ3v) is 8.82. The van der Waals surface area contributed by atoms with Crippen molar-refractivity contribution >= 4 is 23.6 Å². The van der Waals surface area contributed by atoms with Gasteiger partial charge in [0.25, 0.3) is 11.8 Å². The number of aryl methyl sites for hydroxylation is 2. The van der Waals surface area contributed by atoms with E-state index < -0.39 is 5.92 Å². The molecule has 2 saturated heterocycles. The van der Waals surface area contributed by atoms with Crippen LogP contribution in [0.2, 0.25) is 0 Å². The summed E-state index contributed by atoms with van der Waals surface area (Å²) >= 11 is 0. The highest BCUT2D eigenvalue weighted by molar-refractivity contribution is 5.96. The van der Waals surface area contributed by atoms with Crippen LogP contribution >= 0.6 is 0 Å². The van der Waals surface area contributed by atoms with Crippen LogP contribution in [0.15, 0.2) is 60.8 Å². The van der Waals surface area contributed by atoms with Gasteiger partial charge in [-0.3, -0.25) is 19.2 Å². The summed E-state index contributed by atoms with van der Waals surface area (Å²) in [4.78, 5) is 58.4. The molecule has 0 saturated carbocycles. The smallest absolute Gasteiger partial charge is 0.270 e. The summed E-state index contributed by atoms with van der Waals surface area (Å²) in [6, 6.07) is 17.5. The molecule has 48 heavy (non-hydrogen) atoms. The average molecular weight is 660 g/mol. The van der Waals surface area contributed by atoms with E-state index >= 15 is 0 Å². The van der Waals surface area contributed by atoms with Crippen molar-refractivity contribution in [3.63, 3.8) is 0 Å². The number of likely N-dealkylation sites (tertiary alicyclic amines) is 2. The van der Waals surface area contributed by atoms with Gasteiger partial charge in [-0.2, -0.15) is 0 Å². The number of H-pyrrole nitrogens is 1. The molecule has 0 bridgehead atoms. The van der Waals surface area contributed by atoms with Crippen molar-refractivity contribution in [2.24, 2.45) is 17.8 Å². The first-order valence-electron chi connectivity index (χ1n) is 16.7. The van der Waals surface area contributed by atoms with Gasteiger partial charge < -0.3 is 34.9 Å². The van der Waals surface area contributed by atoms with Gasteiger partial charge in [0.1, 0.15) is 5.69 Å². The van der Waals surface area contributed by atoms with Gasteiger partial charge in [0.15, 0.2) is 11.5 Å². The first-order chi connectivity index (χ1) is 23.1. The number of aromatic amines is 1. The lowest BCUT2D eigenvalue weighted by molar-refractivity contribution is -0.131. The maximum absolute atomic E-state index is 13.6. The SMILES string of the molecule is CCCc1ccccc1.CNC(=O)CNC(=O)C1CN(C(=O)c2[nH]ccc2C)CC2CN(C(=O)c3ccc(OC(C)C)c(OC)c3)CC21. The number of rotatable bonds is 10. The van der Waals surface area contributed by atoms with E-state index in [4.69, 9.17) is 9.47 Å². The highest BCUT2D eigenvalue weighted by atomic mass is 16.5. The third-order valence-electron chi connectivity index (χ3n) is 8.82. The number of amides is 4. The summed E-state index contributed by atoms with van der Waals surface area (Å²) in [6.45, 7) is 9.14. The number of ether oxygens (including phenoxy) is 2. The quantitative estimate of drug-likeness (QED) is 0.301. The molecule has 0 radical (unpaired) electrons. The zero-order valence-corrected chi connectivity index (χ0v) is 28.9. The van der Waals surface area contributed by atoms with E-state index in [1.165, 1.54) is 32.6 Å². The Labute approximate surface area is 283 Å². The van der Waals surface area contributed by atoms with Crippen LogP contribution in [0.4, 0.5) is 0 Å². The van der Waals surface area contributed by atoms with Gasteiger partial charge in [-0.1, -0.05) is 43.7 Å². The lowest BCUT2D eigenvalue weighted by Crippen LogP contribution is -2.54. The van der Waals surface area contributed by atoms with E-state index in [1.807, 2.05) is 26.8 Å². The number of fused-ring (bicyclic) bond motifs is 1. The molecule has 0 aliphatic carbocycles. The van der Waals surface area contributed by atoms with Crippen LogP contribution in [0.1, 0.15) is 59.2 Å². The number of piperidine rings is 1. The highest BCUT2D eigenvalue weighted by Gasteiger charge is 2.48. The molecule has 3 heterocycles. The van der Waals surface area contributed by atoms with E-state index in [2.05, 4.69) is 52.9 Å². The monoisotopic (exact) mass is 659 g/mol. The zero-order valence-electron chi connectivity index (χ0n) is 28.9. The third kappa shape index (κ3) is 8.96. The lowest BCUT2D eigenvalue weighted by atomic mass is 9.79. The molecule has 0 spiro atoms. The molecule has 258 valence electrons. The normalized spacial score (nSPS) is 18.4. The molecule has 3 unspecified atom stereocenters. The van der Waals surface area contributed by atoms with Crippen molar-refractivity contribution in [1.82, 2.24) is 25.4 Å². The van der Waals surface area contributed by atoms with Gasteiger partial charge >= 0.3 is 0 Å². The van der Waals surface area contributed by atoms with Crippen molar-refractivity contribution in [2.75, 3.05) is 46.9 Å². The molecule has 1 aromatic heterocycles. The summed E-state index contributed by atoms with van der Waals surface area (Å²) in [6.07, 6.45) is 4.11. The van der Waals surface area contributed by atoms with Gasteiger partial charge in [0.05, 0.1) is 25.7 Å². The number of nitrogens with zero attached hydrogens (tertiary/aromatic N) is 2. The maximum Gasteiger partial charge on any atom is 0.270 e. The Morgan fingerprint density at radius 1 is 0.938 bits per heavy atom. The number of nitrogens with one attached hydrogen (secondary N) is 3. The number of benzene rings is 2. The Bertz CT molecular complexity index is 1550. The Balaban J connectivity index is 0.000000500. The highest BCUT2D eigenvalue weighted by Crippen LogP contribution is 2.37. The van der Waals surface area contributed by atoms with Crippen LogP contribution in [0.3, 0.4) is 0 Å². The number of likely N-dealkylation sites (N-methyl/N-ethyl adjacent to an activating group) is 1. The van der Waals surface area contributed by atoms with Gasteiger partial charge in [-0.05, 0) is 74.4 Å². The minimum absolute atomic E-state index is 0.0472. The van der Waals surface area contributed by atoms with E-state index in [0.29, 0.717) is 42.4 Å². The number of methoxy groups -OCH3 is 1. The van der Waals surface area contributed by atoms with E-state index in [0.717, 1.165) is 5.56 Å². The van der Waals surface area contributed by atoms with Gasteiger partial charge in [0.2, 0.25) is 11.8 Å². The second-order valence-electron chi connectivity index (χ2n) is 12.6. The Hall–Kier alpha value is -4.80. The number of hydrogen-bond donors (Lipinski definition) is 3. The van der Waals surface area contributed by atoms with Crippen molar-refractivity contribution in [3.05, 3.63) is 83.2 Å². The van der Waals surface area contributed by atoms with E-state index in [1.54, 1.807) is 34.2 Å². The minimum Gasteiger partial charge on any atom is -0.493 e. The molecule has 2 aromatic carbocycles. The van der Waals surface area contributed by atoms with Crippen molar-refractivity contribution < 1.29 is 28.7 Å². The van der Waals surface area contributed by atoms with Crippen LogP contribution in [0, 0.1) is 24.7 Å². The largest absolute Gasteiger partial charge is 0.493 e. The first kappa shape index (κ1) is 36.0. The van der Waals surface area contributed by atoms with Crippen molar-refractivity contribution in [2.45, 2.75) is 46.6 Å². The Morgan fingerprint density at radius 2 is 1.65 bits per heavy atom. The molecule has 5 rings (SSSR count). The standard InChI is InChI=1S/C28H37N5O6.C9H12/c1-16(2)39-22-7-6-18(10-23(22)38-5)27(36)32-12-19-13-33(28(37)25-17(3)8-9-30-25)15-21(20(19)14-32)26(35)31-11-24(34)29-4;1-2-6-9-7-4-3-5-8-9/h6-10,16,19-21,30H,11-15H2,1-5H3,(H,29,34)(H,31,35);3-5,7-8H,2,6H2,1H3. The molecular weight excluding hydrogens is 610 g/mol. The number of carbonyl (C=O) groups excluding carboxylic acids is 4. The summed E-state index contributed by atoms with van der Waals surface area (Å²) in [5.41, 5.74) is 3.21. The molecule has 3 atom stereocenters. The summed E-state index contributed by atoms with van der Waals surface area (Å²) in [5.74, 6) is -0.774. The lowest BCUT2D eigenvalue weighted by Gasteiger charge is -2.39. The fraction of sp³-hybridized carbons (Fsp3) is 0.459. The number of aromatic nitrogens is 1. The molecule has 11 nitrogen and oxygen atoms in total. The predicted molar refractivity (Wildman–Crippen MR) is 184 cm³/mol. The van der Waals surface area contributed by atoms with Crippen molar-refractivity contribution in [3.8, 4) is 11.5 Å². The predicted octanol–water partition coefficient (Wildman–Crippen LogP) is 4.08. The topological polar surface area (TPSA) is 133 Å². The number of hydrogen-bond acceptors (Lipinski definition) is 6. The average Bonchev–Trinajstić information content (AvgIpc) is 3.73. The van der Waals surface area contributed by atoms with Crippen LogP contribution in [0.25, 0.3) is 0 Å². The molecule has 2 aliphatic rings. The molecule has 3 aromatic rings. The second kappa shape index (κ2) is 16.9. The van der Waals surface area contributed by atoms with Crippen LogP contribution in [-0.4, -0.2) is 91.4 Å². The first-order valence-corrected chi connectivity index (χ1v) is 16.7. The molecule has 2 aliphatic heterocycles. The van der Waals surface area contributed by atoms with Crippen LogP contribution in [0.5, 0.6) is 11.5 Å².